The molecule has 7 heteroatoms. The largest absolute Gasteiger partial charge is 0.486 e. The van der Waals surface area contributed by atoms with Crippen molar-refractivity contribution in [3.05, 3.63) is 47.5 Å². The Kier molecular flexibility index (Phi) is 3.71. The molecule has 25 heavy (non-hydrogen) atoms. The highest BCUT2D eigenvalue weighted by atomic mass is 16.6. The second-order valence-corrected chi connectivity index (χ2v) is 5.65. The molecular weight excluding hydrogens is 320 g/mol. The first kappa shape index (κ1) is 15.0. The Balaban J connectivity index is 1.50. The van der Waals surface area contributed by atoms with Gasteiger partial charge in [0.1, 0.15) is 13.2 Å². The highest BCUT2D eigenvalue weighted by Crippen LogP contribution is 2.31. The summed E-state index contributed by atoms with van der Waals surface area (Å²) in [4.78, 5) is 12.3. The van der Waals surface area contributed by atoms with E-state index in [9.17, 15) is 4.79 Å². The van der Waals surface area contributed by atoms with E-state index in [1.165, 1.54) is 0 Å². The summed E-state index contributed by atoms with van der Waals surface area (Å²) in [6.45, 7) is 1.04. The number of nitrogens with zero attached hydrogens (tertiary/aromatic N) is 2. The van der Waals surface area contributed by atoms with Gasteiger partial charge in [0, 0.05) is 5.39 Å². The predicted octanol–water partition coefficient (Wildman–Crippen LogP) is 2.39. The van der Waals surface area contributed by atoms with Crippen LogP contribution in [0.5, 0.6) is 11.5 Å². The third-order valence-electron chi connectivity index (χ3n) is 3.92. The van der Waals surface area contributed by atoms with Crippen molar-refractivity contribution in [3.63, 3.8) is 0 Å². The average Bonchev–Trinajstić information content (AvgIpc) is 3.03. The van der Waals surface area contributed by atoms with Gasteiger partial charge in [-0.15, -0.1) is 0 Å². The number of anilines is 1. The Hall–Kier alpha value is -3.53. The fourth-order valence-electron chi connectivity index (χ4n) is 2.74. The van der Waals surface area contributed by atoms with E-state index < -0.39 is 0 Å². The van der Waals surface area contributed by atoms with Crippen LogP contribution in [0.2, 0.25) is 0 Å². The molecule has 0 bridgehead atoms. The number of benzene rings is 2. The molecule has 2 aromatic carbocycles. The lowest BCUT2D eigenvalue weighted by Gasteiger charge is -2.18. The third kappa shape index (κ3) is 2.97. The zero-order chi connectivity index (χ0) is 17.2. The standard InChI is InChI=1S/C18H14N4O3/c19-10-12-1-3-13-14(7-12)21-22-18(13)20-17(23)9-11-2-4-15-16(8-11)25-6-5-24-15/h1-4,7-8H,5-6,9H2,(H2,20,21,22,23). The topological polar surface area (TPSA) is 100 Å². The summed E-state index contributed by atoms with van der Waals surface area (Å²) < 4.78 is 11.0. The lowest BCUT2D eigenvalue weighted by molar-refractivity contribution is -0.115. The number of nitriles is 1. The molecule has 3 aromatic rings. The molecule has 0 aliphatic carbocycles. The van der Waals surface area contributed by atoms with E-state index >= 15 is 0 Å². The molecule has 0 fully saturated rings. The number of fused-ring (bicyclic) bond motifs is 2. The molecule has 1 aliphatic heterocycles. The second-order valence-electron chi connectivity index (χ2n) is 5.65. The van der Waals surface area contributed by atoms with Gasteiger partial charge >= 0.3 is 0 Å². The molecular formula is C18H14N4O3. The molecule has 1 aromatic heterocycles. The number of nitrogens with one attached hydrogen (secondary N) is 2. The Morgan fingerprint density at radius 3 is 2.88 bits per heavy atom. The van der Waals surface area contributed by atoms with Gasteiger partial charge in [-0.25, -0.2) is 0 Å². The predicted molar refractivity (Wildman–Crippen MR) is 90.6 cm³/mol. The van der Waals surface area contributed by atoms with Crippen LogP contribution in [0.25, 0.3) is 10.9 Å². The van der Waals surface area contributed by atoms with Gasteiger partial charge in [0.15, 0.2) is 17.3 Å². The van der Waals surface area contributed by atoms with Crippen LogP contribution < -0.4 is 14.8 Å². The van der Waals surface area contributed by atoms with Crippen LogP contribution in [0, 0.1) is 11.3 Å². The first-order valence-corrected chi connectivity index (χ1v) is 7.79. The number of H-pyrrole nitrogens is 1. The van der Waals surface area contributed by atoms with Crippen molar-refractivity contribution in [2.45, 2.75) is 6.42 Å². The van der Waals surface area contributed by atoms with Crippen LogP contribution in [-0.4, -0.2) is 29.3 Å². The molecule has 2 N–H and O–H groups in total. The van der Waals surface area contributed by atoms with E-state index in [4.69, 9.17) is 14.7 Å². The lowest BCUT2D eigenvalue weighted by Crippen LogP contribution is -2.17. The summed E-state index contributed by atoms with van der Waals surface area (Å²) in [5, 5.41) is 19.4. The first-order valence-electron chi connectivity index (χ1n) is 7.79. The monoisotopic (exact) mass is 334 g/mol. The van der Waals surface area contributed by atoms with Crippen molar-refractivity contribution < 1.29 is 14.3 Å². The number of ether oxygens (including phenoxy) is 2. The Morgan fingerprint density at radius 2 is 2.04 bits per heavy atom. The molecule has 0 atom stereocenters. The number of aromatic amines is 1. The SMILES string of the molecule is N#Cc1ccc2c(NC(=O)Cc3ccc4c(c3)OCCO4)n[nH]c2c1. The average molecular weight is 334 g/mol. The van der Waals surface area contributed by atoms with E-state index in [-0.39, 0.29) is 12.3 Å². The van der Waals surface area contributed by atoms with Gasteiger partial charge in [0.25, 0.3) is 0 Å². The second kappa shape index (κ2) is 6.17. The van der Waals surface area contributed by atoms with Crippen LogP contribution in [-0.2, 0) is 11.2 Å². The Labute approximate surface area is 143 Å². The number of carbonyl (C=O) groups excluding carboxylic acids is 1. The van der Waals surface area contributed by atoms with Crippen molar-refractivity contribution in [1.82, 2.24) is 10.2 Å². The van der Waals surface area contributed by atoms with E-state index in [1.54, 1.807) is 18.2 Å². The molecule has 1 amide bonds. The summed E-state index contributed by atoms with van der Waals surface area (Å²) in [5.41, 5.74) is 2.06. The van der Waals surface area contributed by atoms with Crippen LogP contribution in [0.1, 0.15) is 11.1 Å². The molecule has 124 valence electrons. The number of amides is 1. The molecule has 0 unspecified atom stereocenters. The number of hydrogen-bond acceptors (Lipinski definition) is 5. The molecule has 0 spiro atoms. The molecule has 1 aliphatic rings. The molecule has 7 nitrogen and oxygen atoms in total. The number of aromatic nitrogens is 2. The maximum Gasteiger partial charge on any atom is 0.230 e. The normalized spacial score (nSPS) is 12.6. The van der Waals surface area contributed by atoms with E-state index in [2.05, 4.69) is 21.6 Å². The van der Waals surface area contributed by atoms with Gasteiger partial charge in [-0.05, 0) is 35.9 Å². The van der Waals surface area contributed by atoms with E-state index in [0.29, 0.717) is 41.6 Å². The smallest absolute Gasteiger partial charge is 0.230 e. The van der Waals surface area contributed by atoms with Crippen molar-refractivity contribution in [1.29, 1.82) is 5.26 Å². The highest BCUT2D eigenvalue weighted by Gasteiger charge is 2.14. The van der Waals surface area contributed by atoms with Gasteiger partial charge in [0.2, 0.25) is 5.91 Å². The fourth-order valence-corrected chi connectivity index (χ4v) is 2.74. The van der Waals surface area contributed by atoms with Crippen LogP contribution in [0.3, 0.4) is 0 Å². The van der Waals surface area contributed by atoms with Gasteiger partial charge in [-0.2, -0.15) is 10.4 Å². The zero-order valence-electron chi connectivity index (χ0n) is 13.2. The van der Waals surface area contributed by atoms with Crippen LogP contribution in [0.4, 0.5) is 5.82 Å². The summed E-state index contributed by atoms with van der Waals surface area (Å²) in [6.07, 6.45) is 0.196. The number of carbonyl (C=O) groups is 1. The lowest BCUT2D eigenvalue weighted by atomic mass is 10.1. The summed E-state index contributed by atoms with van der Waals surface area (Å²) in [5.74, 6) is 1.62. The minimum Gasteiger partial charge on any atom is -0.486 e. The minimum absolute atomic E-state index is 0.186. The van der Waals surface area contributed by atoms with E-state index in [0.717, 1.165) is 10.9 Å². The minimum atomic E-state index is -0.186. The van der Waals surface area contributed by atoms with E-state index in [1.807, 2.05) is 18.2 Å². The number of hydrogen-bond donors (Lipinski definition) is 2. The highest BCUT2D eigenvalue weighted by molar-refractivity contribution is 6.00. The summed E-state index contributed by atoms with van der Waals surface area (Å²) >= 11 is 0. The quantitative estimate of drug-likeness (QED) is 0.766. The van der Waals surface area contributed by atoms with Gasteiger partial charge < -0.3 is 14.8 Å². The van der Waals surface area contributed by atoms with Crippen LogP contribution >= 0.6 is 0 Å². The van der Waals surface area contributed by atoms with Crippen LogP contribution in [0.15, 0.2) is 36.4 Å². The first-order chi connectivity index (χ1) is 12.2. The fraction of sp³-hybridized carbons (Fsp3) is 0.167. The maximum absolute atomic E-state index is 12.3. The zero-order valence-corrected chi connectivity index (χ0v) is 13.2. The molecule has 0 saturated carbocycles. The summed E-state index contributed by atoms with van der Waals surface area (Å²) in [7, 11) is 0. The number of rotatable bonds is 3. The Morgan fingerprint density at radius 1 is 1.20 bits per heavy atom. The Bertz CT molecular complexity index is 1000. The van der Waals surface area contributed by atoms with Crippen molar-refractivity contribution >= 4 is 22.6 Å². The molecule has 0 saturated heterocycles. The van der Waals surface area contributed by atoms with Gasteiger partial charge in [-0.3, -0.25) is 9.89 Å². The van der Waals surface area contributed by atoms with Gasteiger partial charge in [-0.1, -0.05) is 6.07 Å². The maximum atomic E-state index is 12.3. The third-order valence-corrected chi connectivity index (χ3v) is 3.92. The van der Waals surface area contributed by atoms with Crippen molar-refractivity contribution in [3.8, 4) is 17.6 Å². The summed E-state index contributed by atoms with van der Waals surface area (Å²) in [6, 6.07) is 12.7. The van der Waals surface area contributed by atoms with Crippen molar-refractivity contribution in [2.24, 2.45) is 0 Å². The molecule has 0 radical (unpaired) electrons. The molecule has 4 rings (SSSR count). The van der Waals surface area contributed by atoms with Crippen molar-refractivity contribution in [2.75, 3.05) is 18.5 Å². The van der Waals surface area contributed by atoms with Gasteiger partial charge in [0.05, 0.1) is 23.6 Å². The molecule has 2 heterocycles.